The predicted octanol–water partition coefficient (Wildman–Crippen LogP) is 3.67. The first kappa shape index (κ1) is 29.4. The lowest BCUT2D eigenvalue weighted by Gasteiger charge is -2.58. The van der Waals surface area contributed by atoms with Crippen LogP contribution in [0.4, 0.5) is 0 Å². The summed E-state index contributed by atoms with van der Waals surface area (Å²) in [4.78, 5) is 21.6. The molecule has 8 fully saturated rings. The third-order valence-electron chi connectivity index (χ3n) is 10.6. The van der Waals surface area contributed by atoms with Crippen LogP contribution in [-0.4, -0.2) is 44.7 Å². The van der Waals surface area contributed by atoms with E-state index in [1.54, 1.807) is 4.31 Å². The van der Waals surface area contributed by atoms with Crippen molar-refractivity contribution >= 4 is 28.3 Å². The summed E-state index contributed by atoms with van der Waals surface area (Å²) in [6.07, 6.45) is 17.5. The maximum Gasteiger partial charge on any atom is 0.466 e. The lowest BCUT2D eigenvalue weighted by atomic mass is 9.48. The molecule has 1 unspecified atom stereocenters. The molecule has 8 saturated carbocycles. The van der Waals surface area contributed by atoms with Crippen LogP contribution < -0.4 is 5.14 Å². The van der Waals surface area contributed by atoms with E-state index < -0.39 is 28.3 Å². The smallest absolute Gasteiger partial charge is 0.303 e. The van der Waals surface area contributed by atoms with E-state index in [0.717, 1.165) is 48.3 Å². The standard InChI is InChI=1S/C24H41N3O4S2.H3O4P/c25-32(28,31-33(26,29)30)27(3-1-23-11-17-5-18(12-23)7-19(6-17)13-23)4-2-24-14-20-8-21(15-24)10-22(9-20)16-24;1-5(2,3)4/h17-22,25H,1-16H2,(H2,26,29,30);(H3,1,2,3,4). The first-order valence-electron chi connectivity index (χ1n) is 14.0. The number of hydrogen-bond donors (Lipinski definition) is 5. The Morgan fingerprint density at radius 3 is 1.24 bits per heavy atom. The fourth-order valence-corrected chi connectivity index (χ4v) is 12.5. The molecule has 220 valence electrons. The highest BCUT2D eigenvalue weighted by Crippen LogP contribution is 2.62. The molecule has 0 aliphatic heterocycles. The zero-order valence-electron chi connectivity index (χ0n) is 21.9. The molecule has 8 aliphatic carbocycles. The van der Waals surface area contributed by atoms with Gasteiger partial charge in [-0.3, -0.25) is 0 Å². The van der Waals surface area contributed by atoms with Gasteiger partial charge < -0.3 is 14.7 Å². The van der Waals surface area contributed by atoms with Gasteiger partial charge in [-0.05, 0) is 136 Å². The topological polar surface area (TPSA) is 191 Å². The Labute approximate surface area is 227 Å². The molecule has 0 radical (unpaired) electrons. The van der Waals surface area contributed by atoms with Gasteiger partial charge >= 0.3 is 18.1 Å². The SMILES string of the molecule is N=S(=O)(OS(N)(=O)=O)N(CCC12CC3CC(CC(C3)C1)C2)CCC12CC3CC(CC(C3)C1)C2.O=P(O)(O)O. The quantitative estimate of drug-likeness (QED) is 0.249. The van der Waals surface area contributed by atoms with Gasteiger partial charge in [-0.15, -0.1) is 3.63 Å². The van der Waals surface area contributed by atoms with Gasteiger partial charge in [0.15, 0.2) is 0 Å². The molecule has 11 nitrogen and oxygen atoms in total. The molecule has 14 heteroatoms. The van der Waals surface area contributed by atoms with Crippen molar-refractivity contribution in [2.45, 2.75) is 89.9 Å². The highest BCUT2D eigenvalue weighted by atomic mass is 32.3. The van der Waals surface area contributed by atoms with Crippen molar-refractivity contribution in [1.82, 2.24) is 4.31 Å². The van der Waals surface area contributed by atoms with Crippen molar-refractivity contribution in [3.63, 3.8) is 0 Å². The lowest BCUT2D eigenvalue weighted by Crippen LogP contribution is -2.49. The summed E-state index contributed by atoms with van der Waals surface area (Å²) in [5, 5.41) is 5.07. The highest BCUT2D eigenvalue weighted by Gasteiger charge is 2.52. The van der Waals surface area contributed by atoms with Crippen LogP contribution in [0.5, 0.6) is 0 Å². The van der Waals surface area contributed by atoms with Gasteiger partial charge in [0.25, 0.3) is 0 Å². The van der Waals surface area contributed by atoms with Crippen LogP contribution >= 0.6 is 7.82 Å². The molecule has 0 aromatic rings. The molecule has 0 saturated heterocycles. The number of nitrogens with zero attached hydrogens (tertiary/aromatic N) is 1. The van der Waals surface area contributed by atoms with Gasteiger partial charge in [-0.1, -0.05) is 0 Å². The van der Waals surface area contributed by atoms with Crippen LogP contribution in [0.2, 0.25) is 0 Å². The molecule has 1 atom stereocenters. The fraction of sp³-hybridized carbons (Fsp3) is 1.00. The van der Waals surface area contributed by atoms with Crippen LogP contribution in [0.3, 0.4) is 0 Å². The molecule has 0 heterocycles. The Morgan fingerprint density at radius 1 is 0.737 bits per heavy atom. The van der Waals surface area contributed by atoms with Crippen molar-refractivity contribution in [1.29, 1.82) is 4.78 Å². The van der Waals surface area contributed by atoms with Gasteiger partial charge in [-0.25, -0.2) is 18.7 Å². The second-order valence-corrected chi connectivity index (χ2v) is 17.8. The third kappa shape index (κ3) is 7.20. The van der Waals surface area contributed by atoms with Crippen molar-refractivity contribution in [2.24, 2.45) is 51.5 Å². The number of nitrogens with two attached hydrogens (primary N) is 1. The zero-order chi connectivity index (χ0) is 27.6. The van der Waals surface area contributed by atoms with Crippen LogP contribution in [0.15, 0.2) is 0 Å². The number of nitrogens with one attached hydrogen (secondary N) is 1. The minimum Gasteiger partial charge on any atom is -0.303 e. The van der Waals surface area contributed by atoms with E-state index >= 15 is 0 Å². The monoisotopic (exact) mass is 597 g/mol. The second kappa shape index (κ2) is 10.3. The van der Waals surface area contributed by atoms with Crippen molar-refractivity contribution in [3.05, 3.63) is 0 Å². The molecular formula is C24H44N3O8PS2. The first-order valence-corrected chi connectivity index (χ1v) is 18.5. The van der Waals surface area contributed by atoms with E-state index in [-0.39, 0.29) is 10.8 Å². The summed E-state index contributed by atoms with van der Waals surface area (Å²) < 4.78 is 60.0. The number of phosphoric acid groups is 1. The van der Waals surface area contributed by atoms with Crippen LogP contribution in [0, 0.1) is 51.1 Å². The highest BCUT2D eigenvalue weighted by molar-refractivity contribution is 7.98. The molecule has 8 rings (SSSR count). The molecule has 8 bridgehead atoms. The summed E-state index contributed by atoms with van der Waals surface area (Å²) in [5.74, 6) is 4.99. The van der Waals surface area contributed by atoms with E-state index in [2.05, 4.69) is 0 Å². The third-order valence-corrected chi connectivity index (χ3v) is 13.2. The molecule has 38 heavy (non-hydrogen) atoms. The summed E-state index contributed by atoms with van der Waals surface area (Å²) >= 11 is 0. The van der Waals surface area contributed by atoms with Gasteiger partial charge in [0.1, 0.15) is 0 Å². The van der Waals surface area contributed by atoms with Crippen molar-refractivity contribution < 1.29 is 35.5 Å². The number of hydrogen-bond acceptors (Lipinski definition) is 6. The normalized spacial score (nSPS) is 42.7. The first-order chi connectivity index (χ1) is 17.5. The maximum atomic E-state index is 13.2. The maximum absolute atomic E-state index is 13.2. The Morgan fingerprint density at radius 2 is 1.00 bits per heavy atom. The Kier molecular flexibility index (Phi) is 7.97. The van der Waals surface area contributed by atoms with Crippen LogP contribution in [0.1, 0.15) is 89.9 Å². The molecule has 0 aromatic heterocycles. The van der Waals surface area contributed by atoms with E-state index in [4.69, 9.17) is 32.8 Å². The molecule has 0 aromatic carbocycles. The average molecular weight is 598 g/mol. The Balaban J connectivity index is 0.000000540. The minimum atomic E-state index is -4.64. The average Bonchev–Trinajstić information content (AvgIpc) is 2.68. The van der Waals surface area contributed by atoms with Gasteiger partial charge in [0, 0.05) is 13.1 Å². The van der Waals surface area contributed by atoms with Crippen molar-refractivity contribution in [2.75, 3.05) is 13.1 Å². The summed E-state index contributed by atoms with van der Waals surface area (Å²) in [5.41, 5.74) is 0.565. The lowest BCUT2D eigenvalue weighted by molar-refractivity contribution is -0.0641. The Hall–Kier alpha value is -0.110. The van der Waals surface area contributed by atoms with Gasteiger partial charge in [-0.2, -0.15) is 12.7 Å². The van der Waals surface area contributed by atoms with E-state index in [1.807, 2.05) is 0 Å². The molecule has 6 N–H and O–H groups in total. The van der Waals surface area contributed by atoms with Crippen LogP contribution in [0.25, 0.3) is 0 Å². The molecule has 0 spiro atoms. The second-order valence-electron chi connectivity index (χ2n) is 13.8. The number of rotatable bonds is 9. The van der Waals surface area contributed by atoms with Crippen LogP contribution in [-0.2, 0) is 28.7 Å². The largest absolute Gasteiger partial charge is 0.466 e. The van der Waals surface area contributed by atoms with Crippen molar-refractivity contribution in [3.8, 4) is 0 Å². The van der Waals surface area contributed by atoms with Gasteiger partial charge in [0.2, 0.25) is 10.2 Å². The predicted molar refractivity (Wildman–Crippen MR) is 141 cm³/mol. The van der Waals surface area contributed by atoms with Gasteiger partial charge in [0.05, 0.1) is 0 Å². The van der Waals surface area contributed by atoms with E-state index in [9.17, 15) is 12.6 Å². The van der Waals surface area contributed by atoms with E-state index in [1.165, 1.54) is 77.0 Å². The minimum absolute atomic E-state index is 0.283. The summed E-state index contributed by atoms with van der Waals surface area (Å²) in [6.45, 7) is 0.937. The molecule has 8 aliphatic rings. The molecule has 0 amide bonds. The zero-order valence-corrected chi connectivity index (χ0v) is 24.5. The fourth-order valence-electron chi connectivity index (χ4n) is 10.4. The summed E-state index contributed by atoms with van der Waals surface area (Å²) in [7, 11) is -13.0. The molecular weight excluding hydrogens is 553 g/mol. The van der Waals surface area contributed by atoms with E-state index in [0.29, 0.717) is 13.1 Å². The Bertz CT molecular complexity index is 1030. The summed E-state index contributed by atoms with van der Waals surface area (Å²) in [6, 6.07) is 0.